The van der Waals surface area contributed by atoms with Crippen LogP contribution in [-0.4, -0.2) is 31.9 Å². The number of rotatable bonds is 4. The van der Waals surface area contributed by atoms with E-state index >= 15 is 0 Å². The lowest BCUT2D eigenvalue weighted by atomic mass is 10.2. The summed E-state index contributed by atoms with van der Waals surface area (Å²) in [4.78, 5) is 0.886. The third-order valence-corrected chi connectivity index (χ3v) is 4.74. The zero-order valence-electron chi connectivity index (χ0n) is 8.54. The molecule has 2 rings (SSSR count). The van der Waals surface area contributed by atoms with E-state index in [2.05, 4.69) is 5.32 Å². The first-order valence-corrected chi connectivity index (χ1v) is 7.52. The highest BCUT2D eigenvalue weighted by atomic mass is 32.2. The van der Waals surface area contributed by atoms with Gasteiger partial charge in [0.15, 0.2) is 9.84 Å². The predicted octanol–water partition coefficient (Wildman–Crippen LogP) is 0.682. The molecule has 0 radical (unpaired) electrons. The quantitative estimate of drug-likeness (QED) is 0.834. The first kappa shape index (κ1) is 11.8. The Kier molecular flexibility index (Phi) is 3.44. The second-order valence-corrected chi connectivity index (χ2v) is 6.61. The molecule has 4 nitrogen and oxygen atoms in total. The van der Waals surface area contributed by atoms with E-state index in [1.54, 1.807) is 6.08 Å². The maximum atomic E-state index is 11.1. The molecule has 0 bridgehead atoms. The van der Waals surface area contributed by atoms with Crippen LogP contribution in [-0.2, 0) is 9.84 Å². The largest absolute Gasteiger partial charge is 0.386 e. The molecule has 0 spiro atoms. The Bertz CT molecular complexity index is 464. The summed E-state index contributed by atoms with van der Waals surface area (Å²) in [5.74, 6) is 0.0875. The van der Waals surface area contributed by atoms with Crippen molar-refractivity contribution in [1.82, 2.24) is 5.32 Å². The van der Waals surface area contributed by atoms with Gasteiger partial charge in [0.1, 0.15) is 6.10 Å². The topological polar surface area (TPSA) is 66.4 Å². The van der Waals surface area contributed by atoms with E-state index in [9.17, 15) is 13.5 Å². The molecule has 0 aliphatic carbocycles. The van der Waals surface area contributed by atoms with Crippen molar-refractivity contribution in [3.8, 4) is 0 Å². The average molecular weight is 259 g/mol. The van der Waals surface area contributed by atoms with Crippen molar-refractivity contribution in [1.29, 1.82) is 0 Å². The van der Waals surface area contributed by atoms with Crippen molar-refractivity contribution in [2.75, 3.05) is 12.3 Å². The highest BCUT2D eigenvalue weighted by molar-refractivity contribution is 7.94. The molecule has 88 valence electrons. The lowest BCUT2D eigenvalue weighted by Crippen LogP contribution is -2.33. The Hall–Kier alpha value is -0.690. The van der Waals surface area contributed by atoms with Gasteiger partial charge in [-0.15, -0.1) is 11.3 Å². The second kappa shape index (κ2) is 4.67. The molecule has 0 amide bonds. The standard InChI is InChI=1S/C10H13NO3S2/c12-9(10-2-1-4-15-10)6-11-8-3-5-16(13,14)7-8/h1-5,8-9,11-12H,6-7H2. The molecule has 1 aromatic rings. The van der Waals surface area contributed by atoms with Crippen molar-refractivity contribution in [2.45, 2.75) is 12.1 Å². The molecule has 0 fully saturated rings. The van der Waals surface area contributed by atoms with Gasteiger partial charge in [0.25, 0.3) is 0 Å². The van der Waals surface area contributed by atoms with Crippen LogP contribution in [0.1, 0.15) is 11.0 Å². The minimum atomic E-state index is -3.02. The molecule has 1 aliphatic rings. The Labute approximate surface area is 98.5 Å². The molecular formula is C10H13NO3S2. The van der Waals surface area contributed by atoms with Crippen LogP contribution in [0.2, 0.25) is 0 Å². The first-order valence-electron chi connectivity index (χ1n) is 4.93. The maximum Gasteiger partial charge on any atom is 0.173 e. The maximum absolute atomic E-state index is 11.1. The van der Waals surface area contributed by atoms with E-state index in [4.69, 9.17) is 0 Å². The summed E-state index contributed by atoms with van der Waals surface area (Å²) >= 11 is 1.49. The number of thiophene rings is 1. The summed E-state index contributed by atoms with van der Waals surface area (Å²) in [5.41, 5.74) is 0. The summed E-state index contributed by atoms with van der Waals surface area (Å²) < 4.78 is 22.3. The highest BCUT2D eigenvalue weighted by Gasteiger charge is 2.21. The lowest BCUT2D eigenvalue weighted by Gasteiger charge is -2.13. The smallest absolute Gasteiger partial charge is 0.173 e. The summed E-state index contributed by atoms with van der Waals surface area (Å²) in [7, 11) is -3.02. The Morgan fingerprint density at radius 1 is 1.62 bits per heavy atom. The molecule has 2 atom stereocenters. The Morgan fingerprint density at radius 3 is 3.00 bits per heavy atom. The lowest BCUT2D eigenvalue weighted by molar-refractivity contribution is 0.177. The Morgan fingerprint density at radius 2 is 2.44 bits per heavy atom. The van der Waals surface area contributed by atoms with Gasteiger partial charge in [-0.05, 0) is 11.4 Å². The highest BCUT2D eigenvalue weighted by Crippen LogP contribution is 2.18. The number of nitrogens with one attached hydrogen (secondary N) is 1. The molecule has 1 aromatic heterocycles. The third kappa shape index (κ3) is 2.91. The second-order valence-electron chi connectivity index (χ2n) is 3.70. The Balaban J connectivity index is 1.83. The number of aliphatic hydroxyl groups is 1. The van der Waals surface area contributed by atoms with E-state index < -0.39 is 15.9 Å². The van der Waals surface area contributed by atoms with E-state index in [1.165, 1.54) is 16.7 Å². The van der Waals surface area contributed by atoms with Crippen molar-refractivity contribution >= 4 is 21.2 Å². The molecule has 0 aromatic carbocycles. The van der Waals surface area contributed by atoms with Crippen LogP contribution < -0.4 is 5.32 Å². The zero-order valence-corrected chi connectivity index (χ0v) is 10.2. The van der Waals surface area contributed by atoms with Gasteiger partial charge in [0, 0.05) is 22.9 Å². The molecular weight excluding hydrogens is 246 g/mol. The zero-order chi connectivity index (χ0) is 11.6. The summed E-state index contributed by atoms with van der Waals surface area (Å²) in [6.07, 6.45) is 1.05. The summed E-state index contributed by atoms with van der Waals surface area (Å²) in [5, 5.41) is 15.9. The van der Waals surface area contributed by atoms with E-state index in [1.807, 2.05) is 17.5 Å². The van der Waals surface area contributed by atoms with Gasteiger partial charge >= 0.3 is 0 Å². The molecule has 6 heteroatoms. The molecule has 16 heavy (non-hydrogen) atoms. The van der Waals surface area contributed by atoms with Crippen LogP contribution in [0.3, 0.4) is 0 Å². The van der Waals surface area contributed by atoms with E-state index in [-0.39, 0.29) is 11.8 Å². The molecule has 2 heterocycles. The fourth-order valence-corrected chi connectivity index (χ4v) is 3.53. The number of hydrogen-bond acceptors (Lipinski definition) is 5. The van der Waals surface area contributed by atoms with E-state index in [0.717, 1.165) is 4.88 Å². The predicted molar refractivity (Wildman–Crippen MR) is 64.0 cm³/mol. The van der Waals surface area contributed by atoms with Crippen LogP contribution >= 0.6 is 11.3 Å². The van der Waals surface area contributed by atoms with Crippen LogP contribution in [0.25, 0.3) is 0 Å². The van der Waals surface area contributed by atoms with Crippen LogP contribution in [0.5, 0.6) is 0 Å². The van der Waals surface area contributed by atoms with Gasteiger partial charge in [0.2, 0.25) is 0 Å². The third-order valence-electron chi connectivity index (χ3n) is 2.38. The summed E-state index contributed by atoms with van der Waals surface area (Å²) in [6, 6.07) is 3.56. The molecule has 0 saturated carbocycles. The van der Waals surface area contributed by atoms with Crippen molar-refractivity contribution in [3.05, 3.63) is 33.9 Å². The number of aliphatic hydroxyl groups excluding tert-OH is 1. The molecule has 1 aliphatic heterocycles. The fourth-order valence-electron chi connectivity index (χ4n) is 1.55. The van der Waals surface area contributed by atoms with Crippen LogP contribution in [0.4, 0.5) is 0 Å². The van der Waals surface area contributed by atoms with Gasteiger partial charge in [-0.3, -0.25) is 0 Å². The van der Waals surface area contributed by atoms with Gasteiger partial charge in [-0.25, -0.2) is 8.42 Å². The van der Waals surface area contributed by atoms with Crippen molar-refractivity contribution < 1.29 is 13.5 Å². The molecule has 2 unspecified atom stereocenters. The normalized spacial score (nSPS) is 24.7. The minimum Gasteiger partial charge on any atom is -0.386 e. The molecule has 2 N–H and O–H groups in total. The van der Waals surface area contributed by atoms with Gasteiger partial charge in [0.05, 0.1) is 5.75 Å². The molecule has 0 saturated heterocycles. The van der Waals surface area contributed by atoms with Crippen LogP contribution in [0.15, 0.2) is 29.0 Å². The van der Waals surface area contributed by atoms with Crippen molar-refractivity contribution in [3.63, 3.8) is 0 Å². The van der Waals surface area contributed by atoms with Crippen LogP contribution in [0, 0.1) is 0 Å². The van der Waals surface area contributed by atoms with Gasteiger partial charge in [-0.1, -0.05) is 12.1 Å². The SMILES string of the molecule is O=S1(=O)C=CC(NCC(O)c2cccs2)C1. The summed E-state index contributed by atoms with van der Waals surface area (Å²) in [6.45, 7) is 0.366. The van der Waals surface area contributed by atoms with E-state index in [0.29, 0.717) is 6.54 Å². The number of sulfone groups is 1. The number of hydrogen-bond donors (Lipinski definition) is 2. The fraction of sp³-hybridized carbons (Fsp3) is 0.400. The van der Waals surface area contributed by atoms with Crippen molar-refractivity contribution in [2.24, 2.45) is 0 Å². The van der Waals surface area contributed by atoms with Gasteiger partial charge in [-0.2, -0.15) is 0 Å². The minimum absolute atomic E-state index is 0.0875. The van der Waals surface area contributed by atoms with Gasteiger partial charge < -0.3 is 10.4 Å². The average Bonchev–Trinajstić information content (AvgIpc) is 2.83. The monoisotopic (exact) mass is 259 g/mol. The first-order chi connectivity index (χ1) is 7.57.